The van der Waals surface area contributed by atoms with Gasteiger partial charge < -0.3 is 0 Å². The molecule has 0 unspecified atom stereocenters. The summed E-state index contributed by atoms with van der Waals surface area (Å²) in [5.74, 6) is 1.77. The Morgan fingerprint density at radius 1 is 1.08 bits per heavy atom. The van der Waals surface area contributed by atoms with Crippen LogP contribution < -0.4 is 0 Å². The van der Waals surface area contributed by atoms with Crippen LogP contribution in [0.1, 0.15) is 52.4 Å². The summed E-state index contributed by atoms with van der Waals surface area (Å²) in [6.45, 7) is 4.67. The van der Waals surface area contributed by atoms with Crippen molar-refractivity contribution < 1.29 is 4.29 Å². The van der Waals surface area contributed by atoms with Crippen LogP contribution in [0.4, 0.5) is 0 Å². The van der Waals surface area contributed by atoms with E-state index in [0.29, 0.717) is 6.10 Å². The molecule has 0 atom stereocenters. The van der Waals surface area contributed by atoms with Crippen LogP contribution in [-0.4, -0.2) is 6.10 Å². The quantitative estimate of drug-likeness (QED) is 0.657. The topological polar surface area (TPSA) is 9.23 Å². The summed E-state index contributed by atoms with van der Waals surface area (Å²) in [4.78, 5) is 0. The molecule has 1 rings (SSSR count). The molecule has 0 radical (unpaired) electrons. The van der Waals surface area contributed by atoms with Crippen molar-refractivity contribution in [1.29, 1.82) is 0 Å². The summed E-state index contributed by atoms with van der Waals surface area (Å²) < 4.78 is 4.89. The highest BCUT2D eigenvalue weighted by Gasteiger charge is 2.18. The number of rotatable bonds is 2. The van der Waals surface area contributed by atoms with Gasteiger partial charge >= 0.3 is 0 Å². The molecule has 0 N–H and O–H groups in total. The van der Waals surface area contributed by atoms with Gasteiger partial charge in [0.05, 0.1) is 18.0 Å². The second-order valence-corrected chi connectivity index (χ2v) is 4.76. The maximum atomic E-state index is 5.41. The lowest BCUT2D eigenvalue weighted by atomic mass is 9.83. The third kappa shape index (κ3) is 3.86. The zero-order chi connectivity index (χ0) is 9.68. The van der Waals surface area contributed by atoms with Gasteiger partial charge in [-0.1, -0.05) is 39.5 Å². The summed E-state index contributed by atoms with van der Waals surface area (Å²) in [6, 6.07) is 0. The van der Waals surface area contributed by atoms with Crippen LogP contribution in [-0.2, 0) is 4.29 Å². The Morgan fingerprint density at radius 3 is 2.00 bits per heavy atom. The maximum Gasteiger partial charge on any atom is 0.0790 e. The van der Waals surface area contributed by atoms with Gasteiger partial charge in [0, 0.05) is 0 Å². The highest BCUT2D eigenvalue weighted by molar-refractivity contribution is 6.07. The Bertz CT molecular complexity index is 126. The van der Waals surface area contributed by atoms with Gasteiger partial charge in [-0.05, 0) is 24.7 Å². The van der Waals surface area contributed by atoms with E-state index in [-0.39, 0.29) is 0 Å². The molecule has 1 nitrogen and oxygen atoms in total. The molecule has 1 aliphatic carbocycles. The molecule has 0 spiro atoms. The molecule has 0 aliphatic heterocycles. The van der Waals surface area contributed by atoms with E-state index in [2.05, 4.69) is 13.8 Å². The first-order valence-corrected chi connectivity index (χ1v) is 5.82. The average Bonchev–Trinajstić information content (AvgIpc) is 2.03. The van der Waals surface area contributed by atoms with Crippen molar-refractivity contribution in [1.82, 2.24) is 0 Å². The molecule has 0 aromatic heterocycles. The van der Waals surface area contributed by atoms with E-state index in [4.69, 9.17) is 16.2 Å². The van der Waals surface area contributed by atoms with Crippen molar-refractivity contribution in [2.75, 3.05) is 0 Å². The molecule has 0 saturated heterocycles. The fourth-order valence-corrected chi connectivity index (χ4v) is 2.44. The summed E-state index contributed by atoms with van der Waals surface area (Å²) >= 11 is 5.41. The van der Waals surface area contributed by atoms with E-state index in [1.54, 1.807) is 0 Å². The molecule has 0 amide bonds. The van der Waals surface area contributed by atoms with Crippen LogP contribution >= 0.6 is 11.9 Å². The summed E-state index contributed by atoms with van der Waals surface area (Å²) in [6.07, 6.45) is 7.87. The standard InChI is InChI=1S/C11H21ClO/c1-9(2)10-5-3-7-11(13-12)8-4-6-10/h9-11H,3-8H2,1-2H3. The van der Waals surface area contributed by atoms with Crippen molar-refractivity contribution in [3.05, 3.63) is 0 Å². The van der Waals surface area contributed by atoms with Crippen molar-refractivity contribution in [3.63, 3.8) is 0 Å². The summed E-state index contributed by atoms with van der Waals surface area (Å²) in [5, 5.41) is 0. The SMILES string of the molecule is CC(C)C1CCCC(OCl)CCC1. The molecular weight excluding hydrogens is 184 g/mol. The third-order valence-corrected chi connectivity index (χ3v) is 3.52. The van der Waals surface area contributed by atoms with Gasteiger partial charge in [-0.3, -0.25) is 4.29 Å². The van der Waals surface area contributed by atoms with E-state index in [1.165, 1.54) is 25.7 Å². The van der Waals surface area contributed by atoms with Gasteiger partial charge in [-0.25, -0.2) is 0 Å². The zero-order valence-corrected chi connectivity index (χ0v) is 9.52. The summed E-state index contributed by atoms with van der Waals surface area (Å²) in [7, 11) is 0. The van der Waals surface area contributed by atoms with Crippen molar-refractivity contribution in [2.24, 2.45) is 11.8 Å². The van der Waals surface area contributed by atoms with Crippen LogP contribution in [0.25, 0.3) is 0 Å². The fraction of sp³-hybridized carbons (Fsp3) is 1.00. The summed E-state index contributed by atoms with van der Waals surface area (Å²) in [5.41, 5.74) is 0. The highest BCUT2D eigenvalue weighted by Crippen LogP contribution is 2.29. The van der Waals surface area contributed by atoms with Crippen molar-refractivity contribution in [3.8, 4) is 0 Å². The largest absolute Gasteiger partial charge is 0.276 e. The van der Waals surface area contributed by atoms with E-state index in [9.17, 15) is 0 Å². The number of halogens is 1. The molecule has 0 aromatic carbocycles. The first-order valence-electron chi connectivity index (χ1n) is 5.51. The second kappa shape index (κ2) is 5.87. The number of hydrogen-bond acceptors (Lipinski definition) is 1. The minimum atomic E-state index is 0.315. The molecule has 1 fully saturated rings. The predicted octanol–water partition coefficient (Wildman–Crippen LogP) is 4.15. The Balaban J connectivity index is 2.30. The van der Waals surface area contributed by atoms with Gasteiger partial charge in [0.2, 0.25) is 0 Å². The normalized spacial score (nSPS) is 31.4. The lowest BCUT2D eigenvalue weighted by molar-refractivity contribution is 0.163. The lowest BCUT2D eigenvalue weighted by Crippen LogP contribution is -2.16. The minimum absolute atomic E-state index is 0.315. The van der Waals surface area contributed by atoms with Gasteiger partial charge in [-0.15, -0.1) is 0 Å². The van der Waals surface area contributed by atoms with Crippen LogP contribution in [0, 0.1) is 11.8 Å². The Labute approximate surface area is 87.0 Å². The maximum absolute atomic E-state index is 5.41. The average molecular weight is 205 g/mol. The molecule has 13 heavy (non-hydrogen) atoms. The van der Waals surface area contributed by atoms with Gasteiger partial charge in [0.15, 0.2) is 0 Å². The first kappa shape index (κ1) is 11.3. The zero-order valence-electron chi connectivity index (χ0n) is 8.76. The Morgan fingerprint density at radius 2 is 1.62 bits per heavy atom. The van der Waals surface area contributed by atoms with Gasteiger partial charge in [-0.2, -0.15) is 0 Å². The molecule has 2 heteroatoms. The van der Waals surface area contributed by atoms with E-state index in [0.717, 1.165) is 24.7 Å². The van der Waals surface area contributed by atoms with Crippen LogP contribution in [0.2, 0.25) is 0 Å². The second-order valence-electron chi connectivity index (χ2n) is 4.58. The number of hydrogen-bond donors (Lipinski definition) is 0. The molecule has 1 saturated carbocycles. The molecule has 0 heterocycles. The predicted molar refractivity (Wildman–Crippen MR) is 56.8 cm³/mol. The van der Waals surface area contributed by atoms with Crippen LogP contribution in [0.3, 0.4) is 0 Å². The fourth-order valence-electron chi connectivity index (χ4n) is 2.26. The molecule has 1 aliphatic rings. The van der Waals surface area contributed by atoms with E-state index < -0.39 is 0 Å². The molecular formula is C11H21ClO. The third-order valence-electron chi connectivity index (χ3n) is 3.27. The first-order chi connectivity index (χ1) is 6.24. The van der Waals surface area contributed by atoms with Gasteiger partial charge in [0.25, 0.3) is 0 Å². The van der Waals surface area contributed by atoms with E-state index >= 15 is 0 Å². The highest BCUT2D eigenvalue weighted by atomic mass is 35.5. The Hall–Kier alpha value is 0.250. The smallest absolute Gasteiger partial charge is 0.0790 e. The molecule has 0 bridgehead atoms. The van der Waals surface area contributed by atoms with Crippen LogP contribution in [0.15, 0.2) is 0 Å². The molecule has 78 valence electrons. The van der Waals surface area contributed by atoms with Crippen molar-refractivity contribution >= 4 is 11.9 Å². The lowest BCUT2D eigenvalue weighted by Gasteiger charge is -2.25. The minimum Gasteiger partial charge on any atom is -0.276 e. The van der Waals surface area contributed by atoms with E-state index in [1.807, 2.05) is 0 Å². The monoisotopic (exact) mass is 204 g/mol. The Kier molecular flexibility index (Phi) is 5.12. The van der Waals surface area contributed by atoms with Crippen LogP contribution in [0.5, 0.6) is 0 Å². The molecule has 0 aromatic rings. The van der Waals surface area contributed by atoms with Gasteiger partial charge in [0.1, 0.15) is 0 Å². The van der Waals surface area contributed by atoms with Crippen molar-refractivity contribution in [2.45, 2.75) is 58.5 Å².